The van der Waals surface area contributed by atoms with Gasteiger partial charge in [0.1, 0.15) is 0 Å². The zero-order chi connectivity index (χ0) is 13.1. The van der Waals surface area contributed by atoms with Crippen LogP contribution in [0.5, 0.6) is 0 Å². The van der Waals surface area contributed by atoms with E-state index in [0.717, 1.165) is 12.8 Å². The third-order valence-electron chi connectivity index (χ3n) is 3.96. The summed E-state index contributed by atoms with van der Waals surface area (Å²) in [5, 5.41) is 3.21. The average Bonchev–Trinajstić information content (AvgIpc) is 2.62. The van der Waals surface area contributed by atoms with E-state index < -0.39 is 0 Å². The maximum atomic E-state index is 12.2. The van der Waals surface area contributed by atoms with E-state index in [1.54, 1.807) is 0 Å². The highest BCUT2D eigenvalue weighted by molar-refractivity contribution is 6.17. The second kappa shape index (κ2) is 6.08. The first kappa shape index (κ1) is 14.8. The van der Waals surface area contributed by atoms with Gasteiger partial charge in [0.2, 0.25) is 5.91 Å². The van der Waals surface area contributed by atoms with E-state index in [4.69, 9.17) is 11.6 Å². The van der Waals surface area contributed by atoms with Gasteiger partial charge in [0.25, 0.3) is 0 Å². The van der Waals surface area contributed by atoms with Crippen molar-refractivity contribution in [2.75, 3.05) is 5.88 Å². The van der Waals surface area contributed by atoms with Crippen molar-refractivity contribution in [2.45, 2.75) is 59.4 Å². The van der Waals surface area contributed by atoms with Crippen LogP contribution >= 0.6 is 11.6 Å². The van der Waals surface area contributed by atoms with Crippen molar-refractivity contribution in [1.82, 2.24) is 5.32 Å². The molecule has 2 nitrogen and oxygen atoms in total. The van der Waals surface area contributed by atoms with Gasteiger partial charge in [0.05, 0.1) is 0 Å². The third-order valence-corrected chi connectivity index (χ3v) is 4.18. The van der Waals surface area contributed by atoms with Gasteiger partial charge in [-0.25, -0.2) is 0 Å². The molecular weight excluding hydrogens is 234 g/mol. The number of hydrogen-bond donors (Lipinski definition) is 1. The number of carbonyl (C=O) groups excluding carboxylic acids is 1. The Morgan fingerprint density at radius 2 is 2.06 bits per heavy atom. The zero-order valence-corrected chi connectivity index (χ0v) is 12.3. The van der Waals surface area contributed by atoms with E-state index in [-0.39, 0.29) is 23.3 Å². The minimum absolute atomic E-state index is 0.0758. The van der Waals surface area contributed by atoms with E-state index in [0.29, 0.717) is 11.8 Å². The minimum Gasteiger partial charge on any atom is -0.353 e. The fraction of sp³-hybridized carbons (Fsp3) is 0.929. The molecule has 0 radical (unpaired) electrons. The minimum atomic E-state index is 0.0758. The molecule has 1 amide bonds. The molecule has 3 atom stereocenters. The van der Waals surface area contributed by atoms with Gasteiger partial charge < -0.3 is 5.32 Å². The van der Waals surface area contributed by atoms with Crippen LogP contribution in [0.1, 0.15) is 53.4 Å². The lowest BCUT2D eigenvalue weighted by atomic mass is 9.84. The third kappa shape index (κ3) is 4.17. The van der Waals surface area contributed by atoms with Crippen molar-refractivity contribution in [2.24, 2.45) is 17.3 Å². The molecule has 0 bridgehead atoms. The number of alkyl halides is 1. The summed E-state index contributed by atoms with van der Waals surface area (Å²) in [7, 11) is 0. The van der Waals surface area contributed by atoms with Gasteiger partial charge in [-0.2, -0.15) is 0 Å². The Balaban J connectivity index is 2.57. The van der Waals surface area contributed by atoms with E-state index in [1.165, 1.54) is 12.8 Å². The van der Waals surface area contributed by atoms with Crippen LogP contribution in [0.15, 0.2) is 0 Å². The van der Waals surface area contributed by atoms with Crippen LogP contribution in [0.4, 0.5) is 0 Å². The first-order valence-corrected chi connectivity index (χ1v) is 7.26. The molecule has 3 unspecified atom stereocenters. The zero-order valence-electron chi connectivity index (χ0n) is 11.6. The normalized spacial score (nSPS) is 26.9. The second-order valence-corrected chi connectivity index (χ2v) is 6.80. The van der Waals surface area contributed by atoms with Gasteiger partial charge in [-0.15, -0.1) is 11.6 Å². The molecule has 1 saturated carbocycles. The summed E-state index contributed by atoms with van der Waals surface area (Å²) < 4.78 is 0. The van der Waals surface area contributed by atoms with Gasteiger partial charge in [0.15, 0.2) is 0 Å². The first-order chi connectivity index (χ1) is 7.86. The number of rotatable bonds is 4. The van der Waals surface area contributed by atoms with Crippen LogP contribution in [-0.2, 0) is 4.79 Å². The molecule has 100 valence electrons. The van der Waals surface area contributed by atoms with Crippen molar-refractivity contribution in [3.05, 3.63) is 0 Å². The van der Waals surface area contributed by atoms with Gasteiger partial charge in [-0.05, 0) is 30.6 Å². The summed E-state index contributed by atoms with van der Waals surface area (Å²) in [6.45, 7) is 8.65. The Morgan fingerprint density at radius 1 is 1.41 bits per heavy atom. The van der Waals surface area contributed by atoms with Gasteiger partial charge in [-0.1, -0.05) is 34.1 Å². The Bertz CT molecular complexity index is 259. The largest absolute Gasteiger partial charge is 0.353 e. The number of amides is 1. The van der Waals surface area contributed by atoms with Gasteiger partial charge in [0, 0.05) is 17.8 Å². The van der Waals surface area contributed by atoms with Crippen molar-refractivity contribution in [3.63, 3.8) is 0 Å². The van der Waals surface area contributed by atoms with Crippen molar-refractivity contribution in [1.29, 1.82) is 0 Å². The Labute approximate surface area is 110 Å². The summed E-state index contributed by atoms with van der Waals surface area (Å²) >= 11 is 5.82. The highest BCUT2D eigenvalue weighted by Crippen LogP contribution is 2.32. The lowest BCUT2D eigenvalue weighted by Crippen LogP contribution is -2.46. The maximum Gasteiger partial charge on any atom is 0.223 e. The molecule has 1 aliphatic rings. The molecule has 0 spiro atoms. The molecule has 0 saturated heterocycles. The molecule has 17 heavy (non-hydrogen) atoms. The van der Waals surface area contributed by atoms with Crippen molar-refractivity contribution >= 4 is 17.5 Å². The lowest BCUT2D eigenvalue weighted by molar-refractivity contribution is -0.127. The van der Waals surface area contributed by atoms with Crippen LogP contribution in [0.25, 0.3) is 0 Å². The predicted octanol–water partition coefficient (Wildman–Crippen LogP) is 3.58. The Kier molecular flexibility index (Phi) is 5.30. The van der Waals surface area contributed by atoms with E-state index >= 15 is 0 Å². The highest BCUT2D eigenvalue weighted by atomic mass is 35.5. The molecule has 0 heterocycles. The maximum absolute atomic E-state index is 12.2. The van der Waals surface area contributed by atoms with Gasteiger partial charge in [-0.3, -0.25) is 4.79 Å². The standard InChI is InChI=1S/C14H26ClNO/c1-10-6-5-7-11(10)13(17)16-12(8-9-15)14(2,3)4/h10-12H,5-9H2,1-4H3,(H,16,17). The average molecular weight is 260 g/mol. The van der Waals surface area contributed by atoms with E-state index in [1.807, 2.05) is 0 Å². The first-order valence-electron chi connectivity index (χ1n) is 6.72. The molecule has 1 fully saturated rings. The summed E-state index contributed by atoms with van der Waals surface area (Å²) in [6.07, 6.45) is 4.27. The van der Waals surface area contributed by atoms with Crippen LogP contribution in [-0.4, -0.2) is 17.8 Å². The van der Waals surface area contributed by atoms with Crippen LogP contribution in [0.3, 0.4) is 0 Å². The van der Waals surface area contributed by atoms with Crippen LogP contribution in [0.2, 0.25) is 0 Å². The summed E-state index contributed by atoms with van der Waals surface area (Å²) in [6, 6.07) is 0.181. The smallest absolute Gasteiger partial charge is 0.223 e. The number of carbonyl (C=O) groups is 1. The Hall–Kier alpha value is -0.240. The molecule has 0 aromatic rings. The predicted molar refractivity (Wildman–Crippen MR) is 73.2 cm³/mol. The topological polar surface area (TPSA) is 29.1 Å². The summed E-state index contributed by atoms with van der Waals surface area (Å²) in [5.74, 6) is 1.59. The van der Waals surface area contributed by atoms with Gasteiger partial charge >= 0.3 is 0 Å². The Morgan fingerprint density at radius 3 is 2.47 bits per heavy atom. The van der Waals surface area contributed by atoms with E-state index in [2.05, 4.69) is 33.0 Å². The fourth-order valence-electron chi connectivity index (χ4n) is 2.64. The molecular formula is C14H26ClNO. The van der Waals surface area contributed by atoms with Crippen LogP contribution < -0.4 is 5.32 Å². The SMILES string of the molecule is CC1CCCC1C(=O)NC(CCCl)C(C)(C)C. The highest BCUT2D eigenvalue weighted by Gasteiger charge is 2.33. The fourth-order valence-corrected chi connectivity index (χ4v) is 2.86. The summed E-state index contributed by atoms with van der Waals surface area (Å²) in [5.41, 5.74) is 0.0758. The molecule has 0 aliphatic heterocycles. The molecule has 0 aromatic carbocycles. The van der Waals surface area contributed by atoms with Crippen molar-refractivity contribution < 1.29 is 4.79 Å². The van der Waals surface area contributed by atoms with Crippen LogP contribution in [0, 0.1) is 17.3 Å². The molecule has 0 aromatic heterocycles. The number of nitrogens with one attached hydrogen (secondary N) is 1. The monoisotopic (exact) mass is 259 g/mol. The molecule has 1 rings (SSSR count). The molecule has 3 heteroatoms. The summed E-state index contributed by atoms with van der Waals surface area (Å²) in [4.78, 5) is 12.2. The number of halogens is 1. The van der Waals surface area contributed by atoms with E-state index in [9.17, 15) is 4.79 Å². The van der Waals surface area contributed by atoms with Crippen molar-refractivity contribution in [3.8, 4) is 0 Å². The lowest BCUT2D eigenvalue weighted by Gasteiger charge is -2.32. The molecule has 1 N–H and O–H groups in total. The number of hydrogen-bond acceptors (Lipinski definition) is 1. The molecule has 1 aliphatic carbocycles. The second-order valence-electron chi connectivity index (χ2n) is 6.42. The quantitative estimate of drug-likeness (QED) is 0.769.